The van der Waals surface area contributed by atoms with Crippen molar-refractivity contribution in [2.75, 3.05) is 6.54 Å². The fourth-order valence-electron chi connectivity index (χ4n) is 1.46. The van der Waals surface area contributed by atoms with Crippen LogP contribution in [0.2, 0.25) is 0 Å². The molecular formula is C8H12N2OS. The molecule has 0 amide bonds. The molecule has 2 rings (SSSR count). The highest BCUT2D eigenvalue weighted by Crippen LogP contribution is 2.26. The average Bonchev–Trinajstić information content (AvgIpc) is 2.58. The zero-order valence-corrected chi connectivity index (χ0v) is 7.77. The van der Waals surface area contributed by atoms with Crippen molar-refractivity contribution in [1.82, 2.24) is 10.3 Å². The highest BCUT2D eigenvalue weighted by atomic mass is 32.1. The van der Waals surface area contributed by atoms with Crippen molar-refractivity contribution in [1.29, 1.82) is 0 Å². The van der Waals surface area contributed by atoms with Crippen LogP contribution in [0.3, 0.4) is 0 Å². The van der Waals surface area contributed by atoms with E-state index in [4.69, 9.17) is 0 Å². The minimum absolute atomic E-state index is 0.0729. The normalized spacial score (nSPS) is 29.5. The van der Waals surface area contributed by atoms with E-state index in [9.17, 15) is 5.11 Å². The molecule has 1 saturated heterocycles. The highest BCUT2D eigenvalue weighted by molar-refractivity contribution is 7.11. The van der Waals surface area contributed by atoms with Gasteiger partial charge in [-0.25, -0.2) is 4.98 Å². The van der Waals surface area contributed by atoms with E-state index in [1.165, 1.54) is 4.88 Å². The minimum Gasteiger partial charge on any atom is -0.391 e. The predicted octanol–water partition coefficient (Wildman–Crippen LogP) is 0.847. The van der Waals surface area contributed by atoms with Gasteiger partial charge in [0.15, 0.2) is 0 Å². The van der Waals surface area contributed by atoms with Gasteiger partial charge >= 0.3 is 0 Å². The quantitative estimate of drug-likeness (QED) is 0.680. The zero-order chi connectivity index (χ0) is 8.55. The van der Waals surface area contributed by atoms with Crippen molar-refractivity contribution in [3.8, 4) is 0 Å². The molecule has 12 heavy (non-hydrogen) atoms. The second kappa shape index (κ2) is 3.12. The molecule has 2 unspecified atom stereocenters. The van der Waals surface area contributed by atoms with Crippen LogP contribution >= 0.6 is 11.3 Å². The van der Waals surface area contributed by atoms with E-state index in [0.717, 1.165) is 18.0 Å². The molecule has 1 aromatic heterocycles. The maximum atomic E-state index is 9.56. The standard InChI is InChI=1S/C8H12N2OS/c1-5-4-10-8(12-5)7-6(11)2-3-9-7/h4,6-7,9,11H,2-3H2,1H3. The Morgan fingerprint density at radius 1 is 1.75 bits per heavy atom. The van der Waals surface area contributed by atoms with Crippen molar-refractivity contribution in [2.24, 2.45) is 0 Å². The van der Waals surface area contributed by atoms with Gasteiger partial charge in [0.25, 0.3) is 0 Å². The van der Waals surface area contributed by atoms with Crippen LogP contribution in [0.25, 0.3) is 0 Å². The number of hydrogen-bond donors (Lipinski definition) is 2. The lowest BCUT2D eigenvalue weighted by Crippen LogP contribution is -2.20. The first-order valence-corrected chi connectivity index (χ1v) is 4.93. The van der Waals surface area contributed by atoms with Crippen molar-refractivity contribution in [2.45, 2.75) is 25.5 Å². The third kappa shape index (κ3) is 1.37. The summed E-state index contributed by atoms with van der Waals surface area (Å²) in [6.07, 6.45) is 2.44. The first-order chi connectivity index (χ1) is 5.77. The lowest BCUT2D eigenvalue weighted by Gasteiger charge is -2.10. The fourth-order valence-corrected chi connectivity index (χ4v) is 2.37. The highest BCUT2D eigenvalue weighted by Gasteiger charge is 2.28. The molecule has 0 aromatic carbocycles. The van der Waals surface area contributed by atoms with Crippen molar-refractivity contribution in [3.63, 3.8) is 0 Å². The second-order valence-corrected chi connectivity index (χ2v) is 4.36. The molecule has 3 nitrogen and oxygen atoms in total. The average molecular weight is 184 g/mol. The fraction of sp³-hybridized carbons (Fsp3) is 0.625. The van der Waals surface area contributed by atoms with E-state index >= 15 is 0 Å². The first kappa shape index (κ1) is 8.16. The Morgan fingerprint density at radius 2 is 2.58 bits per heavy atom. The number of rotatable bonds is 1. The summed E-state index contributed by atoms with van der Waals surface area (Å²) in [5.74, 6) is 0. The van der Waals surface area contributed by atoms with Gasteiger partial charge in [-0.3, -0.25) is 0 Å². The molecule has 2 atom stereocenters. The second-order valence-electron chi connectivity index (χ2n) is 3.10. The molecule has 1 fully saturated rings. The van der Waals surface area contributed by atoms with Crippen LogP contribution in [-0.4, -0.2) is 22.7 Å². The summed E-state index contributed by atoms with van der Waals surface area (Å²) < 4.78 is 0. The molecule has 2 heterocycles. The van der Waals surface area contributed by atoms with E-state index in [1.54, 1.807) is 11.3 Å². The van der Waals surface area contributed by atoms with Gasteiger partial charge in [-0.1, -0.05) is 0 Å². The summed E-state index contributed by atoms with van der Waals surface area (Å²) in [6.45, 7) is 2.92. The SMILES string of the molecule is Cc1cnc(C2NCCC2O)s1. The minimum atomic E-state index is -0.254. The van der Waals surface area contributed by atoms with Gasteiger partial charge in [0.05, 0.1) is 12.1 Å². The molecule has 4 heteroatoms. The maximum Gasteiger partial charge on any atom is 0.112 e. The molecule has 1 aromatic rings. The van der Waals surface area contributed by atoms with Crippen molar-refractivity contribution < 1.29 is 5.11 Å². The third-order valence-electron chi connectivity index (χ3n) is 2.09. The van der Waals surface area contributed by atoms with E-state index < -0.39 is 0 Å². The van der Waals surface area contributed by atoms with Gasteiger partial charge in [0, 0.05) is 11.1 Å². The summed E-state index contributed by atoms with van der Waals surface area (Å²) in [5, 5.41) is 13.8. The van der Waals surface area contributed by atoms with Crippen LogP contribution in [0.5, 0.6) is 0 Å². The molecular weight excluding hydrogens is 172 g/mol. The van der Waals surface area contributed by atoms with E-state index in [1.807, 2.05) is 13.1 Å². The lowest BCUT2D eigenvalue weighted by molar-refractivity contribution is 0.160. The number of hydrogen-bond acceptors (Lipinski definition) is 4. The van der Waals surface area contributed by atoms with Crippen LogP contribution in [0.15, 0.2) is 6.20 Å². The number of aromatic nitrogens is 1. The number of aliphatic hydroxyl groups excluding tert-OH is 1. The molecule has 66 valence electrons. The Morgan fingerprint density at radius 3 is 3.08 bits per heavy atom. The van der Waals surface area contributed by atoms with E-state index in [0.29, 0.717) is 0 Å². The number of nitrogens with one attached hydrogen (secondary N) is 1. The van der Waals surface area contributed by atoms with Gasteiger partial charge in [-0.15, -0.1) is 11.3 Å². The predicted molar refractivity (Wildman–Crippen MR) is 48.2 cm³/mol. The van der Waals surface area contributed by atoms with Gasteiger partial charge in [-0.2, -0.15) is 0 Å². The summed E-state index contributed by atoms with van der Waals surface area (Å²) in [5.41, 5.74) is 0. The van der Waals surface area contributed by atoms with Crippen LogP contribution in [0.4, 0.5) is 0 Å². The maximum absolute atomic E-state index is 9.56. The molecule has 0 bridgehead atoms. The van der Waals surface area contributed by atoms with Gasteiger partial charge in [0.2, 0.25) is 0 Å². The van der Waals surface area contributed by atoms with Crippen LogP contribution < -0.4 is 5.32 Å². The zero-order valence-electron chi connectivity index (χ0n) is 6.95. The Hall–Kier alpha value is -0.450. The molecule has 0 saturated carbocycles. The number of aliphatic hydroxyl groups is 1. The monoisotopic (exact) mass is 184 g/mol. The Kier molecular flexibility index (Phi) is 2.12. The number of aryl methyl sites for hydroxylation is 1. The Bertz CT molecular complexity index is 274. The first-order valence-electron chi connectivity index (χ1n) is 4.11. The summed E-state index contributed by atoms with van der Waals surface area (Å²) in [7, 11) is 0. The smallest absolute Gasteiger partial charge is 0.112 e. The summed E-state index contributed by atoms with van der Waals surface area (Å²) >= 11 is 1.66. The van der Waals surface area contributed by atoms with Crippen LogP contribution in [0, 0.1) is 6.92 Å². The van der Waals surface area contributed by atoms with Gasteiger partial charge in [0.1, 0.15) is 5.01 Å². The van der Waals surface area contributed by atoms with E-state index in [2.05, 4.69) is 10.3 Å². The molecule has 0 spiro atoms. The lowest BCUT2D eigenvalue weighted by atomic mass is 10.2. The molecule has 2 N–H and O–H groups in total. The van der Waals surface area contributed by atoms with Crippen LogP contribution in [-0.2, 0) is 0 Å². The molecule has 1 aliphatic rings. The largest absolute Gasteiger partial charge is 0.391 e. The molecule has 0 aliphatic carbocycles. The summed E-state index contributed by atoms with van der Waals surface area (Å²) in [6, 6.07) is 0.0729. The van der Waals surface area contributed by atoms with Crippen molar-refractivity contribution >= 4 is 11.3 Å². The number of nitrogens with zero attached hydrogens (tertiary/aromatic N) is 1. The van der Waals surface area contributed by atoms with Gasteiger partial charge in [-0.05, 0) is 19.9 Å². The molecule has 0 radical (unpaired) electrons. The molecule has 1 aliphatic heterocycles. The number of thiazole rings is 1. The summed E-state index contributed by atoms with van der Waals surface area (Å²) in [4.78, 5) is 5.44. The van der Waals surface area contributed by atoms with E-state index in [-0.39, 0.29) is 12.1 Å². The third-order valence-corrected chi connectivity index (χ3v) is 3.09. The van der Waals surface area contributed by atoms with Crippen LogP contribution in [0.1, 0.15) is 22.3 Å². The van der Waals surface area contributed by atoms with Gasteiger partial charge < -0.3 is 10.4 Å². The Labute approximate surface area is 75.5 Å². The van der Waals surface area contributed by atoms with Crippen molar-refractivity contribution in [3.05, 3.63) is 16.1 Å². The topological polar surface area (TPSA) is 45.2 Å². The Balaban J connectivity index is 2.19.